The lowest BCUT2D eigenvalue weighted by Gasteiger charge is -2.17. The Balaban J connectivity index is 1.36. The van der Waals surface area contributed by atoms with E-state index in [1.807, 2.05) is 48.2 Å². The van der Waals surface area contributed by atoms with Gasteiger partial charge in [-0.15, -0.1) is 11.3 Å². The molecule has 3 aromatic rings. The van der Waals surface area contributed by atoms with Crippen molar-refractivity contribution in [3.8, 4) is 5.75 Å². The van der Waals surface area contributed by atoms with Crippen LogP contribution in [0.25, 0.3) is 10.2 Å². The number of likely N-dealkylation sites (tertiary alicyclic amines) is 1. The van der Waals surface area contributed by atoms with Crippen molar-refractivity contribution >= 4 is 33.4 Å². The highest BCUT2D eigenvalue weighted by Crippen LogP contribution is 2.39. The Hall–Kier alpha value is -2.93. The third-order valence-corrected chi connectivity index (χ3v) is 6.71. The molecule has 3 heterocycles. The summed E-state index contributed by atoms with van der Waals surface area (Å²) in [5.41, 5.74) is 7.67. The molecule has 0 radical (unpaired) electrons. The number of aryl methyl sites for hydroxylation is 1. The number of amides is 2. The molecule has 1 fully saturated rings. The van der Waals surface area contributed by atoms with Crippen LogP contribution in [0, 0.1) is 6.92 Å². The minimum absolute atomic E-state index is 0.109. The zero-order chi connectivity index (χ0) is 21.1. The van der Waals surface area contributed by atoms with Gasteiger partial charge in [0, 0.05) is 37.0 Å². The van der Waals surface area contributed by atoms with Gasteiger partial charge in [0.15, 0.2) is 0 Å². The van der Waals surface area contributed by atoms with Crippen LogP contribution < -0.4 is 10.5 Å². The van der Waals surface area contributed by atoms with Crippen LogP contribution in [0.5, 0.6) is 5.75 Å². The van der Waals surface area contributed by atoms with Gasteiger partial charge in [0.2, 0.25) is 5.91 Å². The van der Waals surface area contributed by atoms with Crippen molar-refractivity contribution in [2.75, 3.05) is 19.7 Å². The van der Waals surface area contributed by atoms with Crippen molar-refractivity contribution in [3.05, 3.63) is 58.6 Å². The molecule has 2 aromatic heterocycles. The van der Waals surface area contributed by atoms with E-state index in [4.69, 9.17) is 10.5 Å². The van der Waals surface area contributed by atoms with E-state index >= 15 is 0 Å². The second-order valence-corrected chi connectivity index (χ2v) is 8.61. The Kier molecular flexibility index (Phi) is 5.99. The van der Waals surface area contributed by atoms with Gasteiger partial charge in [0.05, 0.1) is 11.5 Å². The fourth-order valence-corrected chi connectivity index (χ4v) is 5.13. The molecule has 1 aliphatic rings. The SMILES string of the molecule is Cc1ccccc1OCCCC(=O)N1CCC(c2c(C(N)=O)sc3ncccc23)C1. The zero-order valence-electron chi connectivity index (χ0n) is 17.0. The van der Waals surface area contributed by atoms with E-state index in [2.05, 4.69) is 4.98 Å². The molecule has 2 amide bonds. The van der Waals surface area contributed by atoms with Gasteiger partial charge < -0.3 is 15.4 Å². The predicted octanol–water partition coefficient (Wildman–Crippen LogP) is 3.88. The maximum absolute atomic E-state index is 12.7. The Labute approximate surface area is 179 Å². The smallest absolute Gasteiger partial charge is 0.259 e. The molecule has 0 saturated carbocycles. The molecule has 4 rings (SSSR count). The summed E-state index contributed by atoms with van der Waals surface area (Å²) in [6.07, 6.45) is 3.67. The first kappa shape index (κ1) is 20.3. The first-order chi connectivity index (χ1) is 14.5. The van der Waals surface area contributed by atoms with Gasteiger partial charge in [-0.1, -0.05) is 24.3 Å². The van der Waals surface area contributed by atoms with Crippen molar-refractivity contribution in [1.82, 2.24) is 9.88 Å². The van der Waals surface area contributed by atoms with Gasteiger partial charge in [-0.3, -0.25) is 9.59 Å². The van der Waals surface area contributed by atoms with Crippen molar-refractivity contribution in [3.63, 3.8) is 0 Å². The Morgan fingerprint density at radius 3 is 2.90 bits per heavy atom. The number of primary amides is 1. The first-order valence-corrected chi connectivity index (χ1v) is 11.0. The number of hydrogen-bond acceptors (Lipinski definition) is 5. The lowest BCUT2D eigenvalue weighted by atomic mass is 9.95. The number of hydrogen-bond donors (Lipinski definition) is 1. The molecule has 1 atom stereocenters. The minimum atomic E-state index is -0.425. The molecule has 0 aliphatic carbocycles. The van der Waals surface area contributed by atoms with Crippen molar-refractivity contribution in [1.29, 1.82) is 0 Å². The third kappa shape index (κ3) is 4.16. The van der Waals surface area contributed by atoms with Crippen molar-refractivity contribution in [2.45, 2.75) is 32.1 Å². The van der Waals surface area contributed by atoms with Crippen LogP contribution in [0.1, 0.15) is 46.0 Å². The molecular formula is C23H25N3O3S. The predicted molar refractivity (Wildman–Crippen MR) is 118 cm³/mol. The lowest BCUT2D eigenvalue weighted by Crippen LogP contribution is -2.28. The van der Waals surface area contributed by atoms with Gasteiger partial charge >= 0.3 is 0 Å². The number of fused-ring (bicyclic) bond motifs is 1. The number of rotatable bonds is 7. The normalized spacial score (nSPS) is 16.2. The highest BCUT2D eigenvalue weighted by atomic mass is 32.1. The van der Waals surface area contributed by atoms with Crippen LogP contribution in [0.2, 0.25) is 0 Å². The van der Waals surface area contributed by atoms with Gasteiger partial charge in [0.25, 0.3) is 5.91 Å². The largest absolute Gasteiger partial charge is 0.493 e. The number of aromatic nitrogens is 1. The summed E-state index contributed by atoms with van der Waals surface area (Å²) in [5.74, 6) is 0.677. The van der Waals surface area contributed by atoms with Gasteiger partial charge in [-0.2, -0.15) is 0 Å². The van der Waals surface area contributed by atoms with Gasteiger partial charge in [-0.05, 0) is 43.0 Å². The molecule has 0 spiro atoms. The van der Waals surface area contributed by atoms with Crippen LogP contribution in [0.3, 0.4) is 0 Å². The monoisotopic (exact) mass is 423 g/mol. The summed E-state index contributed by atoms with van der Waals surface area (Å²) in [5, 5.41) is 0.974. The van der Waals surface area contributed by atoms with Crippen molar-refractivity contribution < 1.29 is 14.3 Å². The van der Waals surface area contributed by atoms with Gasteiger partial charge in [-0.25, -0.2) is 4.98 Å². The second-order valence-electron chi connectivity index (χ2n) is 7.61. The highest BCUT2D eigenvalue weighted by Gasteiger charge is 2.32. The third-order valence-electron chi connectivity index (χ3n) is 5.56. The summed E-state index contributed by atoms with van der Waals surface area (Å²) < 4.78 is 5.79. The van der Waals surface area contributed by atoms with E-state index in [0.717, 1.165) is 33.5 Å². The van der Waals surface area contributed by atoms with E-state index in [0.29, 0.717) is 37.4 Å². The van der Waals surface area contributed by atoms with Crippen LogP contribution >= 0.6 is 11.3 Å². The average Bonchev–Trinajstić information content (AvgIpc) is 3.37. The summed E-state index contributed by atoms with van der Waals surface area (Å²) in [7, 11) is 0. The van der Waals surface area contributed by atoms with E-state index in [9.17, 15) is 9.59 Å². The highest BCUT2D eigenvalue weighted by molar-refractivity contribution is 7.20. The van der Waals surface area contributed by atoms with E-state index in [1.165, 1.54) is 11.3 Å². The molecule has 1 aliphatic heterocycles. The fourth-order valence-electron chi connectivity index (χ4n) is 4.04. The zero-order valence-corrected chi connectivity index (χ0v) is 17.8. The fraction of sp³-hybridized carbons (Fsp3) is 0.348. The number of ether oxygens (including phenoxy) is 1. The molecule has 0 bridgehead atoms. The molecule has 30 heavy (non-hydrogen) atoms. The summed E-state index contributed by atoms with van der Waals surface area (Å²) >= 11 is 1.34. The maximum atomic E-state index is 12.7. The number of benzene rings is 1. The molecule has 156 valence electrons. The number of thiophene rings is 1. The minimum Gasteiger partial charge on any atom is -0.493 e. The van der Waals surface area contributed by atoms with Crippen LogP contribution in [0.4, 0.5) is 0 Å². The van der Waals surface area contributed by atoms with Crippen molar-refractivity contribution in [2.24, 2.45) is 5.73 Å². The Bertz CT molecular complexity index is 1080. The van der Waals surface area contributed by atoms with E-state index in [1.54, 1.807) is 6.20 Å². The average molecular weight is 424 g/mol. The Morgan fingerprint density at radius 1 is 1.27 bits per heavy atom. The van der Waals surface area contributed by atoms with E-state index in [-0.39, 0.29) is 11.8 Å². The number of carbonyl (C=O) groups is 2. The molecule has 1 aromatic carbocycles. The lowest BCUT2D eigenvalue weighted by molar-refractivity contribution is -0.130. The molecule has 2 N–H and O–H groups in total. The summed E-state index contributed by atoms with van der Waals surface area (Å²) in [4.78, 5) is 32.3. The molecule has 7 heteroatoms. The number of nitrogens with zero attached hydrogens (tertiary/aromatic N) is 2. The Morgan fingerprint density at radius 2 is 2.10 bits per heavy atom. The second kappa shape index (κ2) is 8.83. The number of pyridine rings is 1. The van der Waals surface area contributed by atoms with Crippen LogP contribution in [-0.4, -0.2) is 41.4 Å². The van der Waals surface area contributed by atoms with Crippen LogP contribution in [-0.2, 0) is 4.79 Å². The first-order valence-electron chi connectivity index (χ1n) is 10.2. The quantitative estimate of drug-likeness (QED) is 0.585. The molecule has 1 saturated heterocycles. The molecule has 1 unspecified atom stereocenters. The number of carbonyl (C=O) groups excluding carboxylic acids is 2. The van der Waals surface area contributed by atoms with Gasteiger partial charge in [0.1, 0.15) is 10.6 Å². The summed E-state index contributed by atoms with van der Waals surface area (Å²) in [6.45, 7) is 3.83. The maximum Gasteiger partial charge on any atom is 0.259 e. The number of para-hydroxylation sites is 1. The van der Waals surface area contributed by atoms with E-state index < -0.39 is 5.91 Å². The molecule has 6 nitrogen and oxygen atoms in total. The standard InChI is InChI=1S/C23H25N3O3S/c1-15-6-2-3-8-18(15)29-13-5-9-19(27)26-12-10-16(14-26)20-17-7-4-11-25-23(17)30-21(20)22(24)28/h2-4,6-8,11,16H,5,9-10,12-14H2,1H3,(H2,24,28). The van der Waals surface area contributed by atoms with Crippen LogP contribution in [0.15, 0.2) is 42.6 Å². The molecular weight excluding hydrogens is 398 g/mol. The number of nitrogens with two attached hydrogens (primary N) is 1. The topological polar surface area (TPSA) is 85.5 Å². The summed E-state index contributed by atoms with van der Waals surface area (Å²) in [6, 6.07) is 11.7.